The van der Waals surface area contributed by atoms with E-state index in [9.17, 15) is 13.6 Å². The number of amides is 2. The molecule has 2 aliphatic rings. The van der Waals surface area contributed by atoms with E-state index in [1.165, 1.54) is 7.11 Å². The number of carbonyl (C=O) groups excluding carboxylic acids is 1. The second-order valence-electron chi connectivity index (χ2n) is 9.05. The smallest absolute Gasteiger partial charge is 0.320 e. The van der Waals surface area contributed by atoms with Gasteiger partial charge in [0.05, 0.1) is 31.9 Å². The van der Waals surface area contributed by atoms with Gasteiger partial charge in [-0.1, -0.05) is 36.4 Å². The minimum atomic E-state index is -0.610. The van der Waals surface area contributed by atoms with Gasteiger partial charge in [0.15, 0.2) is 5.90 Å². The Labute approximate surface area is 204 Å². The monoisotopic (exact) mass is 483 g/mol. The number of aryl methyl sites for hydroxylation is 1. The number of rotatable bonds is 4. The third-order valence-electron chi connectivity index (χ3n) is 6.59. The highest BCUT2D eigenvalue weighted by atomic mass is 19.1. The molecule has 4 rings (SSSR count). The summed E-state index contributed by atoms with van der Waals surface area (Å²) >= 11 is 0. The van der Waals surface area contributed by atoms with Crippen molar-refractivity contribution in [1.29, 1.82) is 0 Å². The van der Waals surface area contributed by atoms with Crippen LogP contribution in [-0.4, -0.2) is 68.2 Å². The van der Waals surface area contributed by atoms with Crippen molar-refractivity contribution >= 4 is 17.6 Å². The molecule has 2 unspecified atom stereocenters. The Morgan fingerprint density at radius 2 is 1.80 bits per heavy atom. The van der Waals surface area contributed by atoms with Crippen molar-refractivity contribution < 1.29 is 23.0 Å². The van der Waals surface area contributed by atoms with Gasteiger partial charge in [0.2, 0.25) is 0 Å². The standard InChI is InChI=1S/C27H31F2N3O3/c1-18-4-6-20(7-5-18)21-14-22(17-32(16-21)27(33)31-10-12-35-13-11-31)26(34-3)30-19(2)24-15-23(28)8-9-25(24)29/h4-9,15,21-22H,2,10-14,16-17H2,1,3H3. The molecule has 2 heterocycles. The number of ether oxygens (including phenoxy) is 2. The lowest BCUT2D eigenvalue weighted by atomic mass is 9.84. The first-order chi connectivity index (χ1) is 16.9. The van der Waals surface area contributed by atoms with Gasteiger partial charge in [-0.25, -0.2) is 18.6 Å². The van der Waals surface area contributed by atoms with Crippen LogP contribution in [0.3, 0.4) is 0 Å². The fraction of sp³-hybridized carbons (Fsp3) is 0.407. The van der Waals surface area contributed by atoms with Crippen LogP contribution in [0.2, 0.25) is 0 Å². The van der Waals surface area contributed by atoms with Crippen molar-refractivity contribution in [2.75, 3.05) is 46.5 Å². The third kappa shape index (κ3) is 5.88. The van der Waals surface area contributed by atoms with Crippen LogP contribution in [0.25, 0.3) is 5.70 Å². The quantitative estimate of drug-likeness (QED) is 0.462. The van der Waals surface area contributed by atoms with E-state index < -0.39 is 11.6 Å². The van der Waals surface area contributed by atoms with E-state index in [0.717, 1.165) is 29.3 Å². The van der Waals surface area contributed by atoms with E-state index in [1.807, 2.05) is 16.7 Å². The molecule has 0 aromatic heterocycles. The van der Waals surface area contributed by atoms with E-state index >= 15 is 0 Å². The summed E-state index contributed by atoms with van der Waals surface area (Å²) < 4.78 is 39.1. The van der Waals surface area contributed by atoms with Gasteiger partial charge in [-0.3, -0.25) is 0 Å². The number of methoxy groups -OCH3 is 1. The molecular formula is C27H31F2N3O3. The molecule has 2 amide bonds. The second-order valence-corrected chi connectivity index (χ2v) is 9.05. The SMILES string of the molecule is C=C(N=C(OC)C1CC(c2ccc(C)cc2)CN(C(=O)N2CCOCC2)C1)c1cc(F)ccc1F. The summed E-state index contributed by atoms with van der Waals surface area (Å²) in [5, 5.41) is 0. The van der Waals surface area contributed by atoms with E-state index in [0.29, 0.717) is 51.7 Å². The fourth-order valence-corrected chi connectivity index (χ4v) is 4.68. The van der Waals surface area contributed by atoms with Crippen LogP contribution in [0.1, 0.15) is 29.0 Å². The number of halogens is 2. The van der Waals surface area contributed by atoms with Gasteiger partial charge in [0.1, 0.15) is 11.6 Å². The number of aliphatic imine (C=N–C) groups is 1. The molecule has 2 fully saturated rings. The Bertz CT molecular complexity index is 1100. The minimum Gasteiger partial charge on any atom is -0.484 e. The maximum absolute atomic E-state index is 14.3. The first kappa shape index (κ1) is 24.9. The van der Waals surface area contributed by atoms with Crippen molar-refractivity contribution in [3.63, 3.8) is 0 Å². The van der Waals surface area contributed by atoms with Gasteiger partial charge in [0.25, 0.3) is 0 Å². The Kier molecular flexibility index (Phi) is 7.80. The molecule has 2 aliphatic heterocycles. The number of benzene rings is 2. The van der Waals surface area contributed by atoms with Crippen molar-refractivity contribution in [1.82, 2.24) is 9.80 Å². The summed E-state index contributed by atoms with van der Waals surface area (Å²) in [6.45, 7) is 9.01. The van der Waals surface area contributed by atoms with Crippen LogP contribution in [-0.2, 0) is 9.47 Å². The zero-order valence-corrected chi connectivity index (χ0v) is 20.2. The van der Waals surface area contributed by atoms with E-state index in [2.05, 4.69) is 35.8 Å². The Hall–Kier alpha value is -3.26. The summed E-state index contributed by atoms with van der Waals surface area (Å²) in [7, 11) is 1.50. The number of likely N-dealkylation sites (tertiary alicyclic amines) is 1. The zero-order chi connectivity index (χ0) is 24.9. The van der Waals surface area contributed by atoms with Gasteiger partial charge >= 0.3 is 6.03 Å². The van der Waals surface area contributed by atoms with Gasteiger partial charge in [-0.2, -0.15) is 0 Å². The van der Waals surface area contributed by atoms with Crippen LogP contribution in [0.15, 0.2) is 54.0 Å². The summed E-state index contributed by atoms with van der Waals surface area (Å²) in [6.07, 6.45) is 0.696. The van der Waals surface area contributed by atoms with Crippen LogP contribution in [0, 0.1) is 24.5 Å². The number of morpholine rings is 1. The first-order valence-electron chi connectivity index (χ1n) is 11.8. The molecule has 2 aromatic rings. The van der Waals surface area contributed by atoms with Gasteiger partial charge in [0, 0.05) is 37.7 Å². The topological polar surface area (TPSA) is 54.4 Å². The first-order valence-corrected chi connectivity index (χ1v) is 11.8. The molecule has 35 heavy (non-hydrogen) atoms. The molecule has 2 aromatic carbocycles. The third-order valence-corrected chi connectivity index (χ3v) is 6.59. The van der Waals surface area contributed by atoms with Crippen LogP contribution >= 0.6 is 0 Å². The molecule has 8 heteroatoms. The van der Waals surface area contributed by atoms with Crippen molar-refractivity contribution in [3.8, 4) is 0 Å². The average molecular weight is 484 g/mol. The summed E-state index contributed by atoms with van der Waals surface area (Å²) in [5.41, 5.74) is 2.34. The van der Waals surface area contributed by atoms with Crippen LogP contribution in [0.5, 0.6) is 0 Å². The lowest BCUT2D eigenvalue weighted by Gasteiger charge is -2.41. The molecule has 186 valence electrons. The highest BCUT2D eigenvalue weighted by Crippen LogP contribution is 2.33. The van der Waals surface area contributed by atoms with E-state index in [4.69, 9.17) is 9.47 Å². The maximum Gasteiger partial charge on any atom is 0.320 e. The molecule has 0 radical (unpaired) electrons. The molecular weight excluding hydrogens is 452 g/mol. The number of nitrogens with zero attached hydrogens (tertiary/aromatic N) is 3. The van der Waals surface area contributed by atoms with E-state index in [-0.39, 0.29) is 29.1 Å². The number of carbonyl (C=O) groups is 1. The number of hydrogen-bond donors (Lipinski definition) is 0. The Balaban J connectivity index is 1.62. The molecule has 0 bridgehead atoms. The largest absolute Gasteiger partial charge is 0.484 e. The predicted molar refractivity (Wildman–Crippen MR) is 131 cm³/mol. The number of piperidine rings is 1. The lowest BCUT2D eigenvalue weighted by Crippen LogP contribution is -2.53. The predicted octanol–water partition coefficient (Wildman–Crippen LogP) is 4.85. The molecule has 6 nitrogen and oxygen atoms in total. The number of urea groups is 1. The Morgan fingerprint density at radius 1 is 1.09 bits per heavy atom. The summed E-state index contributed by atoms with van der Waals surface area (Å²) in [5.74, 6) is -1.01. The van der Waals surface area contributed by atoms with Crippen molar-refractivity contribution in [3.05, 3.63) is 77.4 Å². The highest BCUT2D eigenvalue weighted by molar-refractivity contribution is 5.86. The molecule has 2 saturated heterocycles. The average Bonchev–Trinajstić information content (AvgIpc) is 2.88. The summed E-state index contributed by atoms with van der Waals surface area (Å²) in [4.78, 5) is 21.5. The molecule has 0 aliphatic carbocycles. The molecule has 0 saturated carbocycles. The van der Waals surface area contributed by atoms with Gasteiger partial charge in [-0.05, 0) is 37.1 Å². The number of hydrogen-bond acceptors (Lipinski definition) is 4. The van der Waals surface area contributed by atoms with E-state index in [1.54, 1.807) is 0 Å². The molecule has 0 spiro atoms. The minimum absolute atomic E-state index is 0.0216. The zero-order valence-electron chi connectivity index (χ0n) is 20.2. The molecule has 0 N–H and O–H groups in total. The van der Waals surface area contributed by atoms with Crippen LogP contribution < -0.4 is 0 Å². The van der Waals surface area contributed by atoms with Gasteiger partial charge < -0.3 is 19.3 Å². The van der Waals surface area contributed by atoms with Crippen molar-refractivity contribution in [2.45, 2.75) is 19.3 Å². The lowest BCUT2D eigenvalue weighted by molar-refractivity contribution is 0.0391. The normalized spacial score (nSPS) is 21.1. The maximum atomic E-state index is 14.3. The fourth-order valence-electron chi connectivity index (χ4n) is 4.68. The summed E-state index contributed by atoms with van der Waals surface area (Å²) in [6, 6.07) is 11.4. The van der Waals surface area contributed by atoms with Crippen LogP contribution in [0.4, 0.5) is 13.6 Å². The highest BCUT2D eigenvalue weighted by Gasteiger charge is 2.36. The second kappa shape index (κ2) is 11.0. The Morgan fingerprint density at radius 3 is 2.49 bits per heavy atom. The van der Waals surface area contributed by atoms with Gasteiger partial charge in [-0.15, -0.1) is 0 Å². The molecule has 2 atom stereocenters. The van der Waals surface area contributed by atoms with Crippen molar-refractivity contribution in [2.24, 2.45) is 10.9 Å².